The van der Waals surface area contributed by atoms with E-state index in [1.807, 2.05) is 24.3 Å². The number of halogens is 2. The minimum Gasteiger partial charge on any atom is -0.459 e. The van der Waals surface area contributed by atoms with Gasteiger partial charge in [-0.3, -0.25) is 0 Å². The van der Waals surface area contributed by atoms with Gasteiger partial charge in [-0.2, -0.15) is 0 Å². The van der Waals surface area contributed by atoms with Gasteiger partial charge in [0.15, 0.2) is 0 Å². The van der Waals surface area contributed by atoms with E-state index in [2.05, 4.69) is 15.9 Å². The van der Waals surface area contributed by atoms with Crippen molar-refractivity contribution in [2.24, 2.45) is 5.73 Å². The Morgan fingerprint density at radius 3 is 2.68 bits per heavy atom. The molecule has 1 aromatic heterocycles. The van der Waals surface area contributed by atoms with Crippen LogP contribution in [0.15, 0.2) is 57.4 Å². The van der Waals surface area contributed by atoms with Crippen molar-refractivity contribution in [3.05, 3.63) is 70.1 Å². The lowest BCUT2D eigenvalue weighted by Crippen LogP contribution is -2.12. The predicted octanol–water partition coefficient (Wildman–Crippen LogP) is 4.38. The smallest absolute Gasteiger partial charge is 0.134 e. The molecule has 0 spiro atoms. The largest absolute Gasteiger partial charge is 0.459 e. The van der Waals surface area contributed by atoms with Gasteiger partial charge in [0.25, 0.3) is 0 Å². The minimum atomic E-state index is -0.604. The third-order valence-electron chi connectivity index (χ3n) is 3.04. The van der Waals surface area contributed by atoms with Crippen molar-refractivity contribution in [1.29, 1.82) is 0 Å². The summed E-state index contributed by atoms with van der Waals surface area (Å²) in [6, 6.07) is 13.4. The molecule has 19 heavy (non-hydrogen) atoms. The molecule has 96 valence electrons. The first-order chi connectivity index (χ1) is 9.15. The molecule has 0 aliphatic rings. The minimum absolute atomic E-state index is 0.323. The monoisotopic (exact) mass is 319 g/mol. The second-order valence-electron chi connectivity index (χ2n) is 4.33. The summed E-state index contributed by atoms with van der Waals surface area (Å²) in [5.74, 6) is 0.231. The summed E-state index contributed by atoms with van der Waals surface area (Å²) in [5.41, 5.74) is 7.25. The van der Waals surface area contributed by atoms with Gasteiger partial charge in [-0.05, 0) is 30.3 Å². The van der Waals surface area contributed by atoms with Gasteiger partial charge in [0.05, 0.1) is 6.04 Å². The molecule has 2 nitrogen and oxygen atoms in total. The average Bonchev–Trinajstić information content (AvgIpc) is 2.81. The first-order valence-electron chi connectivity index (χ1n) is 5.84. The predicted molar refractivity (Wildman–Crippen MR) is 76.3 cm³/mol. The molecule has 4 heteroatoms. The molecule has 0 saturated heterocycles. The summed E-state index contributed by atoms with van der Waals surface area (Å²) in [5, 5.41) is 0.941. The van der Waals surface area contributed by atoms with Crippen LogP contribution in [0, 0.1) is 5.82 Å². The molecule has 0 saturated carbocycles. The first-order valence-corrected chi connectivity index (χ1v) is 6.63. The van der Waals surface area contributed by atoms with E-state index in [0.717, 1.165) is 15.4 Å². The highest BCUT2D eigenvalue weighted by Crippen LogP contribution is 2.29. The number of furan rings is 1. The van der Waals surface area contributed by atoms with E-state index < -0.39 is 6.04 Å². The quantitative estimate of drug-likeness (QED) is 0.761. The Hall–Kier alpha value is -1.65. The van der Waals surface area contributed by atoms with Crippen LogP contribution in [-0.4, -0.2) is 0 Å². The van der Waals surface area contributed by atoms with Gasteiger partial charge in [-0.1, -0.05) is 34.1 Å². The summed E-state index contributed by atoms with van der Waals surface area (Å²) in [6.45, 7) is 0. The summed E-state index contributed by atoms with van der Waals surface area (Å²) in [6.07, 6.45) is 0. The fraction of sp³-hybridized carbons (Fsp3) is 0.0667. The van der Waals surface area contributed by atoms with Crippen LogP contribution in [0.2, 0.25) is 0 Å². The number of fused-ring (bicyclic) bond motifs is 1. The second kappa shape index (κ2) is 4.79. The van der Waals surface area contributed by atoms with Crippen LogP contribution in [0.1, 0.15) is 17.4 Å². The SMILES string of the molecule is NC(c1cc2cc(Br)ccc2o1)c1ccccc1F. The topological polar surface area (TPSA) is 39.2 Å². The van der Waals surface area contributed by atoms with E-state index >= 15 is 0 Å². The highest BCUT2D eigenvalue weighted by atomic mass is 79.9. The lowest BCUT2D eigenvalue weighted by molar-refractivity contribution is 0.510. The number of hydrogen-bond acceptors (Lipinski definition) is 2. The zero-order valence-corrected chi connectivity index (χ0v) is 11.5. The van der Waals surface area contributed by atoms with E-state index in [9.17, 15) is 4.39 Å². The van der Waals surface area contributed by atoms with Crippen LogP contribution in [0.4, 0.5) is 4.39 Å². The van der Waals surface area contributed by atoms with Crippen molar-refractivity contribution in [2.45, 2.75) is 6.04 Å². The van der Waals surface area contributed by atoms with Gasteiger partial charge in [0.2, 0.25) is 0 Å². The van der Waals surface area contributed by atoms with Crippen molar-refractivity contribution in [2.75, 3.05) is 0 Å². The molecular formula is C15H11BrFNO. The third-order valence-corrected chi connectivity index (χ3v) is 3.54. The van der Waals surface area contributed by atoms with Gasteiger partial charge in [-0.25, -0.2) is 4.39 Å². The molecule has 0 fully saturated rings. The number of benzene rings is 2. The lowest BCUT2D eigenvalue weighted by Gasteiger charge is -2.09. The number of rotatable bonds is 2. The van der Waals surface area contributed by atoms with Crippen molar-refractivity contribution in [3.8, 4) is 0 Å². The highest BCUT2D eigenvalue weighted by molar-refractivity contribution is 9.10. The normalized spacial score (nSPS) is 12.8. The van der Waals surface area contributed by atoms with Gasteiger partial charge in [0, 0.05) is 15.4 Å². The Balaban J connectivity index is 2.07. The van der Waals surface area contributed by atoms with Gasteiger partial charge < -0.3 is 10.2 Å². The Labute approximate surface area is 118 Å². The van der Waals surface area contributed by atoms with E-state index in [1.54, 1.807) is 18.2 Å². The summed E-state index contributed by atoms with van der Waals surface area (Å²) >= 11 is 3.40. The van der Waals surface area contributed by atoms with Crippen LogP contribution < -0.4 is 5.73 Å². The number of hydrogen-bond donors (Lipinski definition) is 1. The molecule has 1 heterocycles. The second-order valence-corrected chi connectivity index (χ2v) is 5.25. The maximum atomic E-state index is 13.7. The molecule has 0 radical (unpaired) electrons. The summed E-state index contributed by atoms with van der Waals surface area (Å²) < 4.78 is 20.4. The van der Waals surface area contributed by atoms with E-state index in [1.165, 1.54) is 6.07 Å². The highest BCUT2D eigenvalue weighted by Gasteiger charge is 2.17. The molecular weight excluding hydrogens is 309 g/mol. The molecule has 2 N–H and O–H groups in total. The Kier molecular flexibility index (Phi) is 3.12. The lowest BCUT2D eigenvalue weighted by atomic mass is 10.0. The Morgan fingerprint density at radius 1 is 1.11 bits per heavy atom. The maximum absolute atomic E-state index is 13.7. The molecule has 3 rings (SSSR count). The average molecular weight is 320 g/mol. The molecule has 3 aromatic rings. The van der Waals surface area contributed by atoms with E-state index in [-0.39, 0.29) is 5.82 Å². The molecule has 0 bridgehead atoms. The zero-order valence-electron chi connectivity index (χ0n) is 9.94. The van der Waals surface area contributed by atoms with Crippen molar-refractivity contribution < 1.29 is 8.81 Å². The number of nitrogens with two attached hydrogens (primary N) is 1. The molecule has 2 aromatic carbocycles. The van der Waals surface area contributed by atoms with Crippen LogP contribution in [0.3, 0.4) is 0 Å². The van der Waals surface area contributed by atoms with E-state index in [0.29, 0.717) is 11.3 Å². The van der Waals surface area contributed by atoms with Crippen LogP contribution in [0.25, 0.3) is 11.0 Å². The molecule has 0 amide bonds. The van der Waals surface area contributed by atoms with Crippen molar-refractivity contribution >= 4 is 26.9 Å². The Morgan fingerprint density at radius 2 is 1.89 bits per heavy atom. The fourth-order valence-corrected chi connectivity index (χ4v) is 2.45. The van der Waals surface area contributed by atoms with Crippen LogP contribution in [-0.2, 0) is 0 Å². The van der Waals surface area contributed by atoms with Crippen molar-refractivity contribution in [3.63, 3.8) is 0 Å². The van der Waals surface area contributed by atoms with Crippen molar-refractivity contribution in [1.82, 2.24) is 0 Å². The van der Waals surface area contributed by atoms with Crippen LogP contribution in [0.5, 0.6) is 0 Å². The van der Waals surface area contributed by atoms with E-state index in [4.69, 9.17) is 10.2 Å². The Bertz CT molecular complexity index is 738. The van der Waals surface area contributed by atoms with Gasteiger partial charge in [-0.15, -0.1) is 0 Å². The molecule has 0 aliphatic heterocycles. The van der Waals surface area contributed by atoms with Gasteiger partial charge >= 0.3 is 0 Å². The third kappa shape index (κ3) is 2.29. The first kappa shape index (κ1) is 12.4. The molecule has 1 unspecified atom stereocenters. The summed E-state index contributed by atoms with van der Waals surface area (Å²) in [7, 11) is 0. The maximum Gasteiger partial charge on any atom is 0.134 e. The molecule has 1 atom stereocenters. The molecule has 0 aliphatic carbocycles. The fourth-order valence-electron chi connectivity index (χ4n) is 2.07. The zero-order chi connectivity index (χ0) is 13.4. The van der Waals surface area contributed by atoms with Gasteiger partial charge in [0.1, 0.15) is 17.2 Å². The standard InChI is InChI=1S/C15H11BrFNO/c16-10-5-6-13-9(7-10)8-14(19-13)15(18)11-3-1-2-4-12(11)17/h1-8,15H,18H2. The summed E-state index contributed by atoms with van der Waals surface area (Å²) in [4.78, 5) is 0. The van der Waals surface area contributed by atoms with Crippen LogP contribution >= 0.6 is 15.9 Å².